The standard InChI is InChI=1S/C37H19N5S/c38-20-22-12-15-30-27(18-22)24-6-1-3-8-29(24)41(30)34-10-5-11-35(40-34)42-31-16-13-23(21-39)19-28(31)25-14-17-33-36(37(25)42)26-7-2-4-9-32(26)43-33/h1-19H. The summed E-state index contributed by atoms with van der Waals surface area (Å²) in [5.74, 6) is 1.59. The van der Waals surface area contributed by atoms with E-state index in [1.54, 1.807) is 11.3 Å². The molecule has 43 heavy (non-hydrogen) atoms. The van der Waals surface area contributed by atoms with Crippen molar-refractivity contribution in [2.45, 2.75) is 0 Å². The molecule has 0 bridgehead atoms. The second-order valence-electron chi connectivity index (χ2n) is 10.7. The van der Waals surface area contributed by atoms with E-state index in [2.05, 4.69) is 81.9 Å². The first-order valence-electron chi connectivity index (χ1n) is 13.9. The van der Waals surface area contributed by atoms with E-state index in [-0.39, 0.29) is 0 Å². The van der Waals surface area contributed by atoms with Crippen LogP contribution in [0.1, 0.15) is 11.1 Å². The van der Waals surface area contributed by atoms with Crippen LogP contribution in [0.3, 0.4) is 0 Å². The number of rotatable bonds is 2. The third-order valence-corrected chi connectivity index (χ3v) is 9.51. The normalized spacial score (nSPS) is 11.7. The Hall–Kier alpha value is -5.95. The number of hydrogen-bond donors (Lipinski definition) is 0. The Bertz CT molecular complexity index is 2710. The maximum atomic E-state index is 9.73. The molecule has 5 aromatic carbocycles. The first-order valence-corrected chi connectivity index (χ1v) is 14.7. The quantitative estimate of drug-likeness (QED) is 0.210. The molecule has 0 fully saturated rings. The van der Waals surface area contributed by atoms with Crippen molar-refractivity contribution in [3.05, 3.63) is 126 Å². The SMILES string of the molecule is N#Cc1ccc2c(c1)c1ccccc1n2-c1cccc(-n2c3ccc(C#N)cc3c3ccc4sc5ccccc5c4c32)n1. The minimum atomic E-state index is 0.630. The second kappa shape index (κ2) is 8.77. The molecular weight excluding hydrogens is 547 g/mol. The first-order chi connectivity index (χ1) is 21.2. The van der Waals surface area contributed by atoms with E-state index in [1.807, 2.05) is 54.6 Å². The van der Waals surface area contributed by atoms with Crippen LogP contribution in [0.2, 0.25) is 0 Å². The van der Waals surface area contributed by atoms with Crippen molar-refractivity contribution >= 4 is 75.1 Å². The highest BCUT2D eigenvalue weighted by molar-refractivity contribution is 7.26. The monoisotopic (exact) mass is 565 g/mol. The van der Waals surface area contributed by atoms with Crippen molar-refractivity contribution < 1.29 is 0 Å². The van der Waals surface area contributed by atoms with E-state index in [4.69, 9.17) is 4.98 Å². The number of para-hydroxylation sites is 1. The molecule has 9 rings (SSSR count). The fourth-order valence-corrected chi connectivity index (χ4v) is 7.68. The van der Waals surface area contributed by atoms with E-state index < -0.39 is 0 Å². The van der Waals surface area contributed by atoms with Gasteiger partial charge in [0, 0.05) is 41.7 Å². The molecule has 0 aliphatic carbocycles. The van der Waals surface area contributed by atoms with E-state index in [0.29, 0.717) is 11.1 Å². The minimum absolute atomic E-state index is 0.630. The van der Waals surface area contributed by atoms with Gasteiger partial charge in [-0.1, -0.05) is 48.5 Å². The molecule has 9 aromatic rings. The van der Waals surface area contributed by atoms with Crippen LogP contribution < -0.4 is 0 Å². The lowest BCUT2D eigenvalue weighted by molar-refractivity contribution is 1.02. The van der Waals surface area contributed by atoms with E-state index in [0.717, 1.165) is 55.2 Å². The number of pyridine rings is 1. The van der Waals surface area contributed by atoms with Gasteiger partial charge in [0.2, 0.25) is 0 Å². The van der Waals surface area contributed by atoms with Gasteiger partial charge in [-0.3, -0.25) is 9.13 Å². The Morgan fingerprint density at radius 1 is 0.512 bits per heavy atom. The minimum Gasteiger partial charge on any atom is -0.294 e. The fourth-order valence-electron chi connectivity index (χ4n) is 6.57. The molecule has 0 aliphatic rings. The summed E-state index contributed by atoms with van der Waals surface area (Å²) >= 11 is 1.79. The van der Waals surface area contributed by atoms with Gasteiger partial charge in [-0.25, -0.2) is 4.98 Å². The van der Waals surface area contributed by atoms with Gasteiger partial charge in [0.15, 0.2) is 0 Å². The highest BCUT2D eigenvalue weighted by Crippen LogP contribution is 2.43. The molecule has 0 spiro atoms. The molecule has 6 heteroatoms. The second-order valence-corrected chi connectivity index (χ2v) is 11.7. The number of nitriles is 2. The predicted octanol–water partition coefficient (Wildman–Crippen LogP) is 9.39. The molecule has 0 amide bonds. The average Bonchev–Trinajstić information content (AvgIpc) is 3.71. The average molecular weight is 566 g/mol. The predicted molar refractivity (Wildman–Crippen MR) is 175 cm³/mol. The molecule has 0 radical (unpaired) electrons. The van der Waals surface area contributed by atoms with Gasteiger partial charge in [-0.15, -0.1) is 11.3 Å². The van der Waals surface area contributed by atoms with Crippen LogP contribution in [-0.4, -0.2) is 14.1 Å². The molecule has 198 valence electrons. The summed E-state index contributed by atoms with van der Waals surface area (Å²) in [7, 11) is 0. The third kappa shape index (κ3) is 3.27. The lowest BCUT2D eigenvalue weighted by Gasteiger charge is -2.12. The van der Waals surface area contributed by atoms with Gasteiger partial charge in [-0.05, 0) is 66.7 Å². The summed E-state index contributed by atoms with van der Waals surface area (Å²) in [6.07, 6.45) is 0. The van der Waals surface area contributed by atoms with Crippen LogP contribution in [0.25, 0.3) is 75.4 Å². The Balaban J connectivity index is 1.40. The molecule has 0 saturated heterocycles. The van der Waals surface area contributed by atoms with Gasteiger partial charge >= 0.3 is 0 Å². The maximum Gasteiger partial charge on any atom is 0.140 e. The largest absolute Gasteiger partial charge is 0.294 e. The summed E-state index contributed by atoms with van der Waals surface area (Å²) in [5, 5.41) is 25.9. The molecule has 0 atom stereocenters. The molecule has 0 aliphatic heterocycles. The molecule has 5 nitrogen and oxygen atoms in total. The number of nitrogens with zero attached hydrogens (tertiary/aromatic N) is 5. The van der Waals surface area contributed by atoms with Gasteiger partial charge in [0.05, 0.1) is 45.3 Å². The van der Waals surface area contributed by atoms with Crippen LogP contribution >= 0.6 is 11.3 Å². The first kappa shape index (κ1) is 23.7. The van der Waals surface area contributed by atoms with Gasteiger partial charge in [-0.2, -0.15) is 10.5 Å². The molecule has 4 heterocycles. The lowest BCUT2D eigenvalue weighted by atomic mass is 10.1. The molecular formula is C37H19N5S. The number of fused-ring (bicyclic) bond motifs is 10. The van der Waals surface area contributed by atoms with Gasteiger partial charge in [0.1, 0.15) is 11.6 Å². The Morgan fingerprint density at radius 2 is 1.14 bits per heavy atom. The number of benzene rings is 5. The number of aromatic nitrogens is 3. The van der Waals surface area contributed by atoms with Gasteiger partial charge < -0.3 is 0 Å². The van der Waals surface area contributed by atoms with Crippen LogP contribution in [0.5, 0.6) is 0 Å². The molecule has 4 aromatic heterocycles. The number of hydrogen-bond acceptors (Lipinski definition) is 4. The maximum absolute atomic E-state index is 9.73. The summed E-state index contributed by atoms with van der Waals surface area (Å²) in [6, 6.07) is 43.6. The van der Waals surface area contributed by atoms with E-state index in [1.165, 1.54) is 20.2 Å². The summed E-state index contributed by atoms with van der Waals surface area (Å²) in [4.78, 5) is 5.31. The Morgan fingerprint density at radius 3 is 1.91 bits per heavy atom. The summed E-state index contributed by atoms with van der Waals surface area (Å²) < 4.78 is 6.87. The van der Waals surface area contributed by atoms with Crippen LogP contribution in [-0.2, 0) is 0 Å². The zero-order valence-corrected chi connectivity index (χ0v) is 23.4. The zero-order chi connectivity index (χ0) is 28.7. The molecule has 0 unspecified atom stereocenters. The van der Waals surface area contributed by atoms with Crippen LogP contribution in [0.15, 0.2) is 115 Å². The van der Waals surface area contributed by atoms with Crippen molar-refractivity contribution in [2.24, 2.45) is 0 Å². The van der Waals surface area contributed by atoms with E-state index >= 15 is 0 Å². The van der Waals surface area contributed by atoms with Crippen LogP contribution in [0, 0.1) is 22.7 Å². The Labute approximate surface area is 249 Å². The highest BCUT2D eigenvalue weighted by atomic mass is 32.1. The summed E-state index contributed by atoms with van der Waals surface area (Å²) in [6.45, 7) is 0. The number of thiophene rings is 1. The molecule has 0 N–H and O–H groups in total. The lowest BCUT2D eigenvalue weighted by Crippen LogP contribution is -2.03. The van der Waals surface area contributed by atoms with Crippen molar-refractivity contribution in [3.8, 4) is 23.8 Å². The topological polar surface area (TPSA) is 70.3 Å². The van der Waals surface area contributed by atoms with Gasteiger partial charge in [0.25, 0.3) is 0 Å². The molecule has 0 saturated carbocycles. The van der Waals surface area contributed by atoms with Crippen molar-refractivity contribution in [1.82, 2.24) is 14.1 Å². The van der Waals surface area contributed by atoms with Crippen molar-refractivity contribution in [1.29, 1.82) is 10.5 Å². The Kier molecular flexibility index (Phi) is 4.84. The summed E-state index contributed by atoms with van der Waals surface area (Å²) in [5.41, 5.74) is 5.38. The van der Waals surface area contributed by atoms with Crippen LogP contribution in [0.4, 0.5) is 0 Å². The van der Waals surface area contributed by atoms with Crippen molar-refractivity contribution in [3.63, 3.8) is 0 Å². The van der Waals surface area contributed by atoms with Crippen molar-refractivity contribution in [2.75, 3.05) is 0 Å². The van der Waals surface area contributed by atoms with E-state index in [9.17, 15) is 10.5 Å². The third-order valence-electron chi connectivity index (χ3n) is 8.38. The zero-order valence-electron chi connectivity index (χ0n) is 22.6. The fraction of sp³-hybridized carbons (Fsp3) is 0. The smallest absolute Gasteiger partial charge is 0.140 e. The highest BCUT2D eigenvalue weighted by Gasteiger charge is 2.20.